The van der Waals surface area contributed by atoms with Crippen LogP contribution in [0.25, 0.3) is 11.3 Å². The van der Waals surface area contributed by atoms with Crippen molar-refractivity contribution in [2.45, 2.75) is 6.92 Å². The minimum Gasteiger partial charge on any atom is -0.357 e. The summed E-state index contributed by atoms with van der Waals surface area (Å²) in [6, 6.07) is 14.0. The van der Waals surface area contributed by atoms with Crippen molar-refractivity contribution < 1.29 is 0 Å². The molecule has 0 aliphatic heterocycles. The smallest absolute Gasteiger partial charge is 0.224 e. The van der Waals surface area contributed by atoms with E-state index < -0.39 is 0 Å². The van der Waals surface area contributed by atoms with Gasteiger partial charge in [0.05, 0.1) is 5.69 Å². The fraction of sp³-hybridized carbons (Fsp3) is 0.118. The molecule has 0 radical (unpaired) electrons. The Morgan fingerprint density at radius 2 is 1.82 bits per heavy atom. The average molecular weight is 291 g/mol. The van der Waals surface area contributed by atoms with Gasteiger partial charge in [-0.05, 0) is 31.2 Å². The molecule has 0 aliphatic carbocycles. The standard InChI is InChI=1S/C17H17N5/c1-12-5-7-14(8-6-12)20-16-10-15(21-17(18-2)22-16)13-4-3-9-19-11-13/h3-11H,1-2H3,(H2,18,20,21,22). The van der Waals surface area contributed by atoms with Crippen molar-refractivity contribution in [1.29, 1.82) is 0 Å². The second kappa shape index (κ2) is 6.22. The Morgan fingerprint density at radius 1 is 1.00 bits per heavy atom. The van der Waals surface area contributed by atoms with Crippen LogP contribution in [0.5, 0.6) is 0 Å². The zero-order valence-electron chi connectivity index (χ0n) is 12.5. The maximum Gasteiger partial charge on any atom is 0.224 e. The van der Waals surface area contributed by atoms with Gasteiger partial charge < -0.3 is 10.6 Å². The van der Waals surface area contributed by atoms with E-state index in [0.717, 1.165) is 22.8 Å². The molecule has 0 aliphatic rings. The van der Waals surface area contributed by atoms with Gasteiger partial charge in [-0.15, -0.1) is 0 Å². The molecule has 3 rings (SSSR count). The molecule has 22 heavy (non-hydrogen) atoms. The van der Waals surface area contributed by atoms with Crippen molar-refractivity contribution >= 4 is 17.5 Å². The van der Waals surface area contributed by atoms with Gasteiger partial charge in [0.2, 0.25) is 5.95 Å². The third-order valence-corrected chi connectivity index (χ3v) is 3.23. The maximum absolute atomic E-state index is 4.48. The quantitative estimate of drug-likeness (QED) is 0.768. The predicted octanol–water partition coefficient (Wildman–Crippen LogP) is 3.63. The molecule has 0 amide bonds. The number of aryl methyl sites for hydroxylation is 1. The van der Waals surface area contributed by atoms with E-state index in [2.05, 4.69) is 44.6 Å². The van der Waals surface area contributed by atoms with Crippen molar-refractivity contribution in [2.24, 2.45) is 0 Å². The van der Waals surface area contributed by atoms with Crippen LogP contribution in [0.3, 0.4) is 0 Å². The van der Waals surface area contributed by atoms with Crippen LogP contribution in [-0.2, 0) is 0 Å². The largest absolute Gasteiger partial charge is 0.357 e. The molecule has 0 atom stereocenters. The number of nitrogens with one attached hydrogen (secondary N) is 2. The highest BCUT2D eigenvalue weighted by Crippen LogP contribution is 2.23. The maximum atomic E-state index is 4.48. The lowest BCUT2D eigenvalue weighted by Gasteiger charge is -2.10. The summed E-state index contributed by atoms with van der Waals surface area (Å²) in [7, 11) is 1.80. The average Bonchev–Trinajstić information content (AvgIpc) is 2.57. The third kappa shape index (κ3) is 3.20. The van der Waals surface area contributed by atoms with E-state index in [1.807, 2.05) is 30.3 Å². The Balaban J connectivity index is 1.95. The zero-order valence-corrected chi connectivity index (χ0v) is 12.5. The second-order valence-electron chi connectivity index (χ2n) is 4.94. The Hall–Kier alpha value is -2.95. The molecule has 1 aromatic carbocycles. The first-order chi connectivity index (χ1) is 10.7. The summed E-state index contributed by atoms with van der Waals surface area (Å²) in [5, 5.41) is 6.29. The Labute approximate surface area is 129 Å². The van der Waals surface area contributed by atoms with Crippen molar-refractivity contribution in [3.05, 3.63) is 60.4 Å². The summed E-state index contributed by atoms with van der Waals surface area (Å²) >= 11 is 0. The zero-order chi connectivity index (χ0) is 15.4. The molecule has 2 aromatic heterocycles. The Kier molecular flexibility index (Phi) is 3.96. The van der Waals surface area contributed by atoms with E-state index in [-0.39, 0.29) is 0 Å². The van der Waals surface area contributed by atoms with Crippen LogP contribution in [0, 0.1) is 6.92 Å². The molecule has 0 spiro atoms. The molecule has 5 nitrogen and oxygen atoms in total. The molecule has 0 saturated heterocycles. The minimum absolute atomic E-state index is 0.566. The van der Waals surface area contributed by atoms with E-state index in [1.165, 1.54) is 5.56 Å². The summed E-state index contributed by atoms with van der Waals surface area (Å²) in [6.45, 7) is 2.06. The number of hydrogen-bond acceptors (Lipinski definition) is 5. The van der Waals surface area contributed by atoms with Crippen LogP contribution in [-0.4, -0.2) is 22.0 Å². The van der Waals surface area contributed by atoms with Crippen LogP contribution in [0.15, 0.2) is 54.9 Å². The van der Waals surface area contributed by atoms with Crippen LogP contribution in [0.4, 0.5) is 17.5 Å². The molecule has 2 heterocycles. The Morgan fingerprint density at radius 3 is 2.50 bits per heavy atom. The number of hydrogen-bond donors (Lipinski definition) is 2. The van der Waals surface area contributed by atoms with Crippen molar-refractivity contribution in [1.82, 2.24) is 15.0 Å². The molecular weight excluding hydrogens is 274 g/mol. The van der Waals surface area contributed by atoms with Gasteiger partial charge in [-0.25, -0.2) is 4.98 Å². The number of nitrogens with zero attached hydrogens (tertiary/aromatic N) is 3. The van der Waals surface area contributed by atoms with Gasteiger partial charge >= 0.3 is 0 Å². The normalized spacial score (nSPS) is 10.3. The third-order valence-electron chi connectivity index (χ3n) is 3.23. The fourth-order valence-electron chi connectivity index (χ4n) is 2.07. The van der Waals surface area contributed by atoms with Gasteiger partial charge in [0.1, 0.15) is 5.82 Å². The number of rotatable bonds is 4. The van der Waals surface area contributed by atoms with Gasteiger partial charge in [0.15, 0.2) is 0 Å². The Bertz CT molecular complexity index is 754. The number of pyridine rings is 1. The molecule has 0 bridgehead atoms. The highest BCUT2D eigenvalue weighted by Gasteiger charge is 2.06. The van der Waals surface area contributed by atoms with E-state index in [0.29, 0.717) is 5.95 Å². The number of benzene rings is 1. The van der Waals surface area contributed by atoms with Crippen LogP contribution >= 0.6 is 0 Å². The topological polar surface area (TPSA) is 62.7 Å². The first-order valence-corrected chi connectivity index (χ1v) is 7.05. The highest BCUT2D eigenvalue weighted by atomic mass is 15.1. The van der Waals surface area contributed by atoms with Crippen molar-refractivity contribution in [3.63, 3.8) is 0 Å². The molecule has 5 heteroatoms. The second-order valence-corrected chi connectivity index (χ2v) is 4.94. The monoisotopic (exact) mass is 291 g/mol. The van der Waals surface area contributed by atoms with Crippen molar-refractivity contribution in [3.8, 4) is 11.3 Å². The summed E-state index contributed by atoms with van der Waals surface area (Å²) < 4.78 is 0. The van der Waals surface area contributed by atoms with Gasteiger partial charge in [0.25, 0.3) is 0 Å². The fourth-order valence-corrected chi connectivity index (χ4v) is 2.07. The summed E-state index contributed by atoms with van der Waals surface area (Å²) in [6.07, 6.45) is 3.53. The van der Waals surface area contributed by atoms with Crippen molar-refractivity contribution in [2.75, 3.05) is 17.7 Å². The molecule has 2 N–H and O–H groups in total. The molecule has 0 unspecified atom stereocenters. The highest BCUT2D eigenvalue weighted by molar-refractivity contribution is 5.66. The lowest BCUT2D eigenvalue weighted by molar-refractivity contribution is 1.15. The predicted molar refractivity (Wildman–Crippen MR) is 89.3 cm³/mol. The lowest BCUT2D eigenvalue weighted by Crippen LogP contribution is -2.02. The molecule has 3 aromatic rings. The van der Waals surface area contributed by atoms with Gasteiger partial charge in [-0.3, -0.25) is 4.98 Å². The van der Waals surface area contributed by atoms with Crippen LogP contribution in [0.1, 0.15) is 5.56 Å². The first-order valence-electron chi connectivity index (χ1n) is 7.05. The summed E-state index contributed by atoms with van der Waals surface area (Å²) in [5.41, 5.74) is 3.99. The molecule has 110 valence electrons. The molecule has 0 saturated carbocycles. The van der Waals surface area contributed by atoms with E-state index >= 15 is 0 Å². The molecule has 0 fully saturated rings. The van der Waals surface area contributed by atoms with E-state index in [1.54, 1.807) is 19.4 Å². The SMILES string of the molecule is CNc1nc(Nc2ccc(C)cc2)cc(-c2cccnc2)n1. The first kappa shape index (κ1) is 14.0. The van der Waals surface area contributed by atoms with Gasteiger partial charge in [0, 0.05) is 36.8 Å². The summed E-state index contributed by atoms with van der Waals surface area (Å²) in [4.78, 5) is 13.1. The lowest BCUT2D eigenvalue weighted by atomic mass is 10.2. The molecular formula is C17H17N5. The number of anilines is 3. The van der Waals surface area contributed by atoms with Crippen LogP contribution < -0.4 is 10.6 Å². The minimum atomic E-state index is 0.566. The van der Waals surface area contributed by atoms with Gasteiger partial charge in [-0.1, -0.05) is 17.7 Å². The van der Waals surface area contributed by atoms with E-state index in [4.69, 9.17) is 0 Å². The number of aromatic nitrogens is 3. The van der Waals surface area contributed by atoms with Gasteiger partial charge in [-0.2, -0.15) is 4.98 Å². The summed E-state index contributed by atoms with van der Waals surface area (Å²) in [5.74, 6) is 1.30. The van der Waals surface area contributed by atoms with E-state index in [9.17, 15) is 0 Å². The van der Waals surface area contributed by atoms with Crippen LogP contribution in [0.2, 0.25) is 0 Å².